The quantitative estimate of drug-likeness (QED) is 0.346. The van der Waals surface area contributed by atoms with Crippen molar-refractivity contribution in [3.8, 4) is 0 Å². The smallest absolute Gasteiger partial charge is 0.259 e. The first kappa shape index (κ1) is 25.7. The first-order valence-electron chi connectivity index (χ1n) is 13.4. The zero-order valence-corrected chi connectivity index (χ0v) is 23.0. The molecule has 2 unspecified atom stereocenters. The van der Waals surface area contributed by atoms with Crippen LogP contribution < -0.4 is 0 Å². The number of hydrogen-bond donors (Lipinski definition) is 1. The average Bonchev–Trinajstić information content (AvgIpc) is 3.71. The van der Waals surface area contributed by atoms with E-state index < -0.39 is 5.60 Å². The molecule has 1 saturated carbocycles. The van der Waals surface area contributed by atoms with E-state index in [1.807, 2.05) is 35.2 Å². The van der Waals surface area contributed by atoms with E-state index >= 15 is 0 Å². The fourth-order valence-corrected chi connectivity index (χ4v) is 7.88. The molecule has 6 heteroatoms. The number of likely N-dealkylation sites (tertiary alicyclic amines) is 1. The second kappa shape index (κ2) is 11.2. The lowest BCUT2D eigenvalue weighted by molar-refractivity contribution is -0.947. The highest BCUT2D eigenvalue weighted by Gasteiger charge is 2.49. The molecule has 1 aromatic carbocycles. The Kier molecular flexibility index (Phi) is 7.96. The molecule has 1 saturated heterocycles. The van der Waals surface area contributed by atoms with Gasteiger partial charge in [0.05, 0.1) is 19.6 Å². The van der Waals surface area contributed by atoms with Crippen molar-refractivity contribution in [2.45, 2.75) is 63.1 Å². The third kappa shape index (κ3) is 5.33. The number of nitrogens with zero attached hydrogens (tertiary/aromatic N) is 2. The van der Waals surface area contributed by atoms with Crippen LogP contribution in [0, 0.1) is 5.92 Å². The Morgan fingerprint density at radius 2 is 1.61 bits per heavy atom. The fraction of sp³-hybridized carbons (Fsp3) is 0.500. The number of rotatable bonds is 9. The Morgan fingerprint density at radius 1 is 0.972 bits per heavy atom. The van der Waals surface area contributed by atoms with E-state index in [-0.39, 0.29) is 11.8 Å². The van der Waals surface area contributed by atoms with Gasteiger partial charge in [-0.25, -0.2) is 0 Å². The molecular formula is C30H39N2O2S2+. The molecule has 0 radical (unpaired) electrons. The number of carbonyl (C=O) groups excluding carboxylic acids is 1. The molecule has 2 aliphatic rings. The largest absolute Gasteiger partial charge is 0.375 e. The van der Waals surface area contributed by atoms with Crippen molar-refractivity contribution in [3.05, 3.63) is 80.7 Å². The lowest BCUT2D eigenvalue weighted by Gasteiger charge is -2.47. The summed E-state index contributed by atoms with van der Waals surface area (Å²) >= 11 is 3.54. The Hall–Kier alpha value is -1.99. The van der Waals surface area contributed by atoms with Crippen molar-refractivity contribution in [1.29, 1.82) is 0 Å². The van der Waals surface area contributed by atoms with Crippen molar-refractivity contribution in [2.24, 2.45) is 5.92 Å². The van der Waals surface area contributed by atoms with Crippen molar-refractivity contribution in [3.63, 3.8) is 0 Å². The second-order valence-electron chi connectivity index (χ2n) is 11.0. The van der Waals surface area contributed by atoms with E-state index in [4.69, 9.17) is 0 Å². The summed E-state index contributed by atoms with van der Waals surface area (Å²) in [6.07, 6.45) is 7.07. The van der Waals surface area contributed by atoms with Gasteiger partial charge >= 0.3 is 0 Å². The van der Waals surface area contributed by atoms with Crippen LogP contribution >= 0.6 is 22.7 Å². The van der Waals surface area contributed by atoms with Crippen LogP contribution in [0.4, 0.5) is 0 Å². The van der Waals surface area contributed by atoms with Gasteiger partial charge in [-0.2, -0.15) is 22.7 Å². The van der Waals surface area contributed by atoms with E-state index in [9.17, 15) is 9.90 Å². The summed E-state index contributed by atoms with van der Waals surface area (Å²) in [6, 6.07) is 14.7. The van der Waals surface area contributed by atoms with Crippen molar-refractivity contribution < 1.29 is 14.4 Å². The number of amides is 1. The van der Waals surface area contributed by atoms with E-state index in [1.54, 1.807) is 22.7 Å². The van der Waals surface area contributed by atoms with Gasteiger partial charge in [0.1, 0.15) is 6.54 Å². The molecule has 192 valence electrons. The van der Waals surface area contributed by atoms with Gasteiger partial charge < -0.3 is 14.5 Å². The van der Waals surface area contributed by atoms with Crippen LogP contribution in [-0.4, -0.2) is 53.1 Å². The van der Waals surface area contributed by atoms with Crippen molar-refractivity contribution in [2.75, 3.05) is 26.7 Å². The van der Waals surface area contributed by atoms with Crippen LogP contribution in [-0.2, 0) is 23.4 Å². The zero-order chi connectivity index (χ0) is 25.0. The summed E-state index contributed by atoms with van der Waals surface area (Å²) in [6.45, 7) is 3.58. The number of quaternary nitrogens is 1. The van der Waals surface area contributed by atoms with Crippen molar-refractivity contribution in [1.82, 2.24) is 4.90 Å². The fourth-order valence-electron chi connectivity index (χ4n) is 6.51. The first-order chi connectivity index (χ1) is 17.5. The van der Waals surface area contributed by atoms with Gasteiger partial charge in [0.15, 0.2) is 5.60 Å². The summed E-state index contributed by atoms with van der Waals surface area (Å²) in [4.78, 5) is 15.9. The molecule has 2 atom stereocenters. The SMILES string of the molecule is C[N+](CCc1ccsc1)(Cc1ccsc1)C1CCN(C(=O)C(O)(c2ccccc2)C2CCCC2)CC1. The summed E-state index contributed by atoms with van der Waals surface area (Å²) in [5, 5.41) is 20.9. The van der Waals surface area contributed by atoms with Gasteiger partial charge in [-0.05, 0) is 57.6 Å². The first-order valence-corrected chi connectivity index (χ1v) is 15.3. The monoisotopic (exact) mass is 523 g/mol. The minimum Gasteiger partial charge on any atom is -0.375 e. The Morgan fingerprint density at radius 3 is 2.22 bits per heavy atom. The summed E-state index contributed by atoms with van der Waals surface area (Å²) in [5.41, 5.74) is 2.19. The number of piperidine rings is 1. The van der Waals surface area contributed by atoms with E-state index in [0.29, 0.717) is 6.04 Å². The van der Waals surface area contributed by atoms with Crippen molar-refractivity contribution >= 4 is 28.6 Å². The highest BCUT2D eigenvalue weighted by atomic mass is 32.1. The predicted octanol–water partition coefficient (Wildman–Crippen LogP) is 6.07. The molecule has 0 bridgehead atoms. The minimum atomic E-state index is -1.40. The topological polar surface area (TPSA) is 40.5 Å². The van der Waals surface area contributed by atoms with Gasteiger partial charge in [0.25, 0.3) is 5.91 Å². The predicted molar refractivity (Wildman–Crippen MR) is 149 cm³/mol. The number of thiophene rings is 2. The van der Waals surface area contributed by atoms with Crippen LogP contribution in [0.15, 0.2) is 64.0 Å². The molecule has 5 rings (SSSR count). The summed E-state index contributed by atoms with van der Waals surface area (Å²) in [5.74, 6) is -0.0697. The third-order valence-electron chi connectivity index (χ3n) is 8.73. The number of aliphatic hydroxyl groups is 1. The molecule has 0 spiro atoms. The molecular weight excluding hydrogens is 484 g/mol. The molecule has 1 amide bonds. The molecule has 1 N–H and O–H groups in total. The normalized spacial score (nSPS) is 20.8. The van der Waals surface area contributed by atoms with Crippen LogP contribution in [0.25, 0.3) is 0 Å². The van der Waals surface area contributed by atoms with Crippen LogP contribution in [0.5, 0.6) is 0 Å². The lowest BCUT2D eigenvalue weighted by atomic mass is 9.78. The maximum atomic E-state index is 14.0. The van der Waals surface area contributed by atoms with Gasteiger partial charge in [-0.15, -0.1) is 0 Å². The molecule has 4 nitrogen and oxygen atoms in total. The van der Waals surface area contributed by atoms with Crippen LogP contribution in [0.3, 0.4) is 0 Å². The summed E-state index contributed by atoms with van der Waals surface area (Å²) < 4.78 is 1.00. The van der Waals surface area contributed by atoms with Gasteiger partial charge in [0.2, 0.25) is 0 Å². The molecule has 36 heavy (non-hydrogen) atoms. The number of benzene rings is 1. The molecule has 2 aromatic heterocycles. The Labute approximate surface area is 223 Å². The highest BCUT2D eigenvalue weighted by molar-refractivity contribution is 7.08. The molecule has 2 fully saturated rings. The Bertz CT molecular complexity index is 1090. The number of likely N-dealkylation sites (N-methyl/N-ethyl adjacent to an activating group) is 1. The molecule has 3 aromatic rings. The van der Waals surface area contributed by atoms with E-state index in [2.05, 4.69) is 40.7 Å². The highest BCUT2D eigenvalue weighted by Crippen LogP contribution is 2.42. The van der Waals surface area contributed by atoms with E-state index in [1.165, 1.54) is 11.1 Å². The third-order valence-corrected chi connectivity index (χ3v) is 10.2. The minimum absolute atomic E-state index is 0.00960. The molecule has 1 aliphatic heterocycles. The summed E-state index contributed by atoms with van der Waals surface area (Å²) in [7, 11) is 2.41. The van der Waals surface area contributed by atoms with Crippen LogP contribution in [0.2, 0.25) is 0 Å². The Balaban J connectivity index is 1.31. The standard InChI is InChI=1S/C30H39N2O2S2/c1-32(21-25-15-20-36-23-25,18-13-24-14-19-35-22-24)28-11-16-31(17-12-28)29(33)30(34,27-9-5-6-10-27)26-7-3-2-4-8-26/h2-4,7-8,14-15,19-20,22-23,27-28,34H,5-6,9-13,16-18,21H2,1H3/q+1. The second-order valence-corrected chi connectivity index (χ2v) is 12.6. The zero-order valence-electron chi connectivity index (χ0n) is 21.4. The van der Waals surface area contributed by atoms with E-state index in [0.717, 1.165) is 81.2 Å². The number of hydrogen-bond acceptors (Lipinski definition) is 4. The average molecular weight is 524 g/mol. The lowest BCUT2D eigenvalue weighted by Crippen LogP contribution is -2.59. The maximum Gasteiger partial charge on any atom is 0.259 e. The number of carbonyl (C=O) groups is 1. The van der Waals surface area contributed by atoms with Crippen LogP contribution in [0.1, 0.15) is 55.2 Å². The maximum absolute atomic E-state index is 14.0. The van der Waals surface area contributed by atoms with Gasteiger partial charge in [0, 0.05) is 43.8 Å². The molecule has 3 heterocycles. The van der Waals surface area contributed by atoms with Gasteiger partial charge in [-0.1, -0.05) is 43.2 Å². The molecule has 1 aliphatic carbocycles. The van der Waals surface area contributed by atoms with Gasteiger partial charge in [-0.3, -0.25) is 4.79 Å².